The van der Waals surface area contributed by atoms with Gasteiger partial charge in [-0.2, -0.15) is 0 Å². The van der Waals surface area contributed by atoms with Gasteiger partial charge >= 0.3 is 0 Å². The Balaban J connectivity index is 2.15. The van der Waals surface area contributed by atoms with Crippen molar-refractivity contribution >= 4 is 23.1 Å². The van der Waals surface area contributed by atoms with Crippen LogP contribution in [-0.4, -0.2) is 57.8 Å². The summed E-state index contributed by atoms with van der Waals surface area (Å²) in [5.74, 6) is -0.186. The van der Waals surface area contributed by atoms with Crippen LogP contribution in [0.2, 0.25) is 0 Å². The van der Waals surface area contributed by atoms with Gasteiger partial charge in [0, 0.05) is 18.3 Å². The van der Waals surface area contributed by atoms with Crippen molar-refractivity contribution < 1.29 is 14.6 Å². The van der Waals surface area contributed by atoms with Crippen LogP contribution < -0.4 is 5.73 Å². The highest BCUT2D eigenvalue weighted by Gasteiger charge is 2.30. The maximum Gasteiger partial charge on any atom is 0.272 e. The number of nitrogens with zero attached hydrogens (tertiary/aromatic N) is 2. The zero-order valence-electron chi connectivity index (χ0n) is 11.2. The Bertz CT molecular complexity index is 506. The Morgan fingerprint density at radius 2 is 2.40 bits per heavy atom. The molecule has 0 aliphatic carbocycles. The molecule has 1 aromatic rings. The Labute approximate surface area is 122 Å². The third-order valence-electron chi connectivity index (χ3n) is 3.24. The number of rotatable bonds is 3. The van der Waals surface area contributed by atoms with E-state index in [1.807, 2.05) is 6.92 Å². The maximum atomic E-state index is 12.4. The lowest BCUT2D eigenvalue weighted by Crippen LogP contribution is -2.52. The topological polar surface area (TPSA) is 88.7 Å². The molecule has 6 nitrogen and oxygen atoms in total. The number of carbonyl (C=O) groups is 1. The number of amides is 1. The highest BCUT2D eigenvalue weighted by atomic mass is 32.1. The van der Waals surface area contributed by atoms with Crippen molar-refractivity contribution in [2.24, 2.45) is 5.73 Å². The largest absolute Gasteiger partial charge is 0.394 e. The number of thiocarbonyl (C=S) groups is 1. The molecule has 7 heteroatoms. The zero-order valence-corrected chi connectivity index (χ0v) is 12.0. The molecule has 2 rings (SSSR count). The quantitative estimate of drug-likeness (QED) is 0.759. The first-order valence-corrected chi connectivity index (χ1v) is 6.73. The van der Waals surface area contributed by atoms with Crippen LogP contribution in [0.25, 0.3) is 0 Å². The smallest absolute Gasteiger partial charge is 0.272 e. The Morgan fingerprint density at radius 3 is 2.95 bits per heavy atom. The van der Waals surface area contributed by atoms with Crippen LogP contribution in [0.3, 0.4) is 0 Å². The first-order chi connectivity index (χ1) is 9.52. The van der Waals surface area contributed by atoms with Crippen molar-refractivity contribution in [1.29, 1.82) is 0 Å². The molecule has 1 saturated heterocycles. The summed E-state index contributed by atoms with van der Waals surface area (Å²) in [7, 11) is 0. The number of aliphatic hydroxyl groups is 1. The number of morpholine rings is 1. The summed E-state index contributed by atoms with van der Waals surface area (Å²) in [6, 6.07) is 3.23. The van der Waals surface area contributed by atoms with E-state index in [1.54, 1.807) is 17.0 Å². The molecular weight excluding hydrogens is 278 g/mol. The Hall–Kier alpha value is -1.57. The minimum atomic E-state index is -0.342. The van der Waals surface area contributed by atoms with Crippen LogP contribution in [0.4, 0.5) is 0 Å². The molecule has 1 fully saturated rings. The highest BCUT2D eigenvalue weighted by Crippen LogP contribution is 2.15. The van der Waals surface area contributed by atoms with Crippen LogP contribution >= 0.6 is 12.2 Å². The van der Waals surface area contributed by atoms with Crippen LogP contribution in [0, 0.1) is 0 Å². The van der Waals surface area contributed by atoms with Gasteiger partial charge in [-0.15, -0.1) is 0 Å². The van der Waals surface area contributed by atoms with Gasteiger partial charge in [-0.25, -0.2) is 0 Å². The summed E-state index contributed by atoms with van der Waals surface area (Å²) >= 11 is 4.84. The summed E-state index contributed by atoms with van der Waals surface area (Å²) < 4.78 is 5.41. The molecule has 1 aliphatic rings. The molecule has 0 radical (unpaired) electrons. The van der Waals surface area contributed by atoms with Gasteiger partial charge in [0.25, 0.3) is 5.91 Å². The van der Waals surface area contributed by atoms with Crippen LogP contribution in [-0.2, 0) is 4.74 Å². The summed E-state index contributed by atoms with van der Waals surface area (Å²) in [5, 5.41) is 9.14. The maximum absolute atomic E-state index is 12.4. The monoisotopic (exact) mass is 295 g/mol. The van der Waals surface area contributed by atoms with E-state index in [1.165, 1.54) is 6.20 Å². The van der Waals surface area contributed by atoms with Crippen LogP contribution in [0.15, 0.2) is 18.3 Å². The second kappa shape index (κ2) is 6.25. The number of aliphatic hydroxyl groups excluding tert-OH is 1. The second-order valence-electron chi connectivity index (χ2n) is 4.74. The van der Waals surface area contributed by atoms with E-state index in [2.05, 4.69) is 4.98 Å². The molecule has 20 heavy (non-hydrogen) atoms. The summed E-state index contributed by atoms with van der Waals surface area (Å²) in [6.07, 6.45) is 1.15. The van der Waals surface area contributed by atoms with Gasteiger partial charge in [0.1, 0.15) is 10.7 Å². The lowest BCUT2D eigenvalue weighted by atomic mass is 10.1. The van der Waals surface area contributed by atoms with Crippen molar-refractivity contribution in [3.63, 3.8) is 0 Å². The van der Waals surface area contributed by atoms with Crippen molar-refractivity contribution in [3.05, 3.63) is 29.6 Å². The number of nitrogens with two attached hydrogens (primary N) is 1. The molecule has 1 aliphatic heterocycles. The fourth-order valence-corrected chi connectivity index (χ4v) is 2.14. The third-order valence-corrected chi connectivity index (χ3v) is 3.47. The molecule has 3 N–H and O–H groups in total. The van der Waals surface area contributed by atoms with Crippen LogP contribution in [0.5, 0.6) is 0 Å². The third kappa shape index (κ3) is 3.12. The van der Waals surface area contributed by atoms with E-state index >= 15 is 0 Å². The van der Waals surface area contributed by atoms with Gasteiger partial charge in [0.2, 0.25) is 0 Å². The van der Waals surface area contributed by atoms with E-state index in [0.717, 1.165) is 0 Å². The fraction of sp³-hybridized carbons (Fsp3) is 0.462. The zero-order chi connectivity index (χ0) is 14.7. The predicted molar refractivity (Wildman–Crippen MR) is 77.4 cm³/mol. The number of pyridine rings is 1. The van der Waals surface area contributed by atoms with E-state index in [4.69, 9.17) is 27.8 Å². The molecule has 0 aromatic carbocycles. The molecule has 0 bridgehead atoms. The SMILES string of the molecule is CC1COC(CO)CN1C(=O)c1ccc(C(N)=S)cn1. The molecule has 2 atom stereocenters. The average Bonchev–Trinajstić information content (AvgIpc) is 2.47. The van der Waals surface area contributed by atoms with E-state index < -0.39 is 0 Å². The molecule has 2 unspecified atom stereocenters. The normalized spacial score (nSPS) is 22.6. The van der Waals surface area contributed by atoms with E-state index in [9.17, 15) is 4.79 Å². The second-order valence-corrected chi connectivity index (χ2v) is 5.18. The van der Waals surface area contributed by atoms with Gasteiger partial charge in [-0.3, -0.25) is 9.78 Å². The first-order valence-electron chi connectivity index (χ1n) is 6.32. The molecule has 1 aromatic heterocycles. The molecule has 0 saturated carbocycles. The molecule has 0 spiro atoms. The van der Waals surface area contributed by atoms with Gasteiger partial charge in [-0.05, 0) is 19.1 Å². The number of hydrogen-bond acceptors (Lipinski definition) is 5. The van der Waals surface area contributed by atoms with Crippen molar-refractivity contribution in [3.8, 4) is 0 Å². The molecular formula is C13H17N3O3S. The average molecular weight is 295 g/mol. The lowest BCUT2D eigenvalue weighted by Gasteiger charge is -2.37. The lowest BCUT2D eigenvalue weighted by molar-refractivity contribution is -0.0668. The van der Waals surface area contributed by atoms with E-state index in [-0.39, 0.29) is 29.6 Å². The summed E-state index contributed by atoms with van der Waals surface area (Å²) in [6.45, 7) is 2.55. The predicted octanol–water partition coefficient (Wildman–Crippen LogP) is -0.0624. The van der Waals surface area contributed by atoms with Gasteiger partial charge in [-0.1, -0.05) is 12.2 Å². The molecule has 2 heterocycles. The first kappa shape index (κ1) is 14.8. The number of aromatic nitrogens is 1. The van der Waals surface area contributed by atoms with Crippen molar-refractivity contribution in [2.75, 3.05) is 19.8 Å². The molecule has 1 amide bonds. The number of hydrogen-bond donors (Lipinski definition) is 2. The number of carbonyl (C=O) groups excluding carboxylic acids is 1. The van der Waals surface area contributed by atoms with E-state index in [0.29, 0.717) is 24.4 Å². The summed E-state index contributed by atoms with van der Waals surface area (Å²) in [4.78, 5) is 18.4. The van der Waals surface area contributed by atoms with Gasteiger partial charge < -0.3 is 20.5 Å². The standard InChI is InChI=1S/C13H17N3O3S/c1-8-7-19-10(6-17)5-16(8)13(18)11-3-2-9(4-15-11)12(14)20/h2-4,8,10,17H,5-7H2,1H3,(H2,14,20). The minimum Gasteiger partial charge on any atom is -0.394 e. The van der Waals surface area contributed by atoms with Gasteiger partial charge in [0.05, 0.1) is 25.4 Å². The Kier molecular flexibility index (Phi) is 4.64. The molecule has 108 valence electrons. The van der Waals surface area contributed by atoms with Gasteiger partial charge in [0.15, 0.2) is 0 Å². The Morgan fingerprint density at radius 1 is 1.65 bits per heavy atom. The highest BCUT2D eigenvalue weighted by molar-refractivity contribution is 7.80. The fourth-order valence-electron chi connectivity index (χ4n) is 2.02. The van der Waals surface area contributed by atoms with Crippen molar-refractivity contribution in [1.82, 2.24) is 9.88 Å². The minimum absolute atomic E-state index is 0.0534. The summed E-state index contributed by atoms with van der Waals surface area (Å²) in [5.41, 5.74) is 6.45. The number of ether oxygens (including phenoxy) is 1. The van der Waals surface area contributed by atoms with Crippen molar-refractivity contribution in [2.45, 2.75) is 19.1 Å². The van der Waals surface area contributed by atoms with Crippen LogP contribution in [0.1, 0.15) is 23.0 Å².